The fourth-order valence-electron chi connectivity index (χ4n) is 1.98. The van der Waals surface area contributed by atoms with E-state index in [0.29, 0.717) is 6.54 Å². The first-order valence-corrected chi connectivity index (χ1v) is 7.54. The van der Waals surface area contributed by atoms with Crippen molar-refractivity contribution in [2.24, 2.45) is 5.73 Å². The molecule has 2 N–H and O–H groups in total. The highest BCUT2D eigenvalue weighted by atomic mass is 32.2. The number of carbonyl (C=O) groups excluding carboxylic acids is 1. The van der Waals surface area contributed by atoms with Crippen LogP contribution in [0.1, 0.15) is 21.5 Å². The van der Waals surface area contributed by atoms with Gasteiger partial charge in [0.25, 0.3) is 5.91 Å². The summed E-state index contributed by atoms with van der Waals surface area (Å²) in [5.41, 5.74) is 8.08. The molecule has 3 nitrogen and oxygen atoms in total. The minimum Gasteiger partial charge on any atom is -0.337 e. The van der Waals surface area contributed by atoms with E-state index in [4.69, 9.17) is 5.73 Å². The molecule has 0 unspecified atom stereocenters. The summed E-state index contributed by atoms with van der Waals surface area (Å²) in [7, 11) is 0. The summed E-state index contributed by atoms with van der Waals surface area (Å²) in [6.07, 6.45) is 0. The minimum atomic E-state index is 0.107. The van der Waals surface area contributed by atoms with Gasteiger partial charge in [-0.25, -0.2) is 0 Å². The number of nitrogens with two attached hydrogens (primary N) is 1. The van der Waals surface area contributed by atoms with E-state index >= 15 is 0 Å². The van der Waals surface area contributed by atoms with E-state index < -0.39 is 0 Å². The summed E-state index contributed by atoms with van der Waals surface area (Å²) in [5.74, 6) is 8.02. The molecule has 0 atom stereocenters. The Balaban J connectivity index is 2.22. The Morgan fingerprint density at radius 2 is 2.16 bits per heavy atom. The van der Waals surface area contributed by atoms with Crippen LogP contribution < -0.4 is 5.73 Å². The average Bonchev–Trinajstić information content (AvgIpc) is 2.46. The van der Waals surface area contributed by atoms with Crippen LogP contribution in [0.4, 0.5) is 0 Å². The lowest BCUT2D eigenvalue weighted by Crippen LogP contribution is -2.37. The molecule has 1 aliphatic rings. The second-order valence-corrected chi connectivity index (χ2v) is 5.66. The molecule has 1 heterocycles. The predicted octanol–water partition coefficient (Wildman–Crippen LogP) is 1.49. The monoisotopic (exact) mass is 274 g/mol. The number of rotatable bonds is 1. The van der Waals surface area contributed by atoms with Crippen molar-refractivity contribution in [1.29, 1.82) is 0 Å². The number of benzene rings is 1. The van der Waals surface area contributed by atoms with Crippen molar-refractivity contribution in [2.45, 2.75) is 6.92 Å². The number of aryl methyl sites for hydroxylation is 1. The van der Waals surface area contributed by atoms with E-state index in [1.54, 1.807) is 0 Å². The summed E-state index contributed by atoms with van der Waals surface area (Å²) in [6, 6.07) is 5.71. The first-order chi connectivity index (χ1) is 9.22. The third kappa shape index (κ3) is 3.52. The Hall–Kier alpha value is -1.44. The van der Waals surface area contributed by atoms with Crippen molar-refractivity contribution in [3.8, 4) is 11.8 Å². The average molecular weight is 274 g/mol. The van der Waals surface area contributed by atoms with Gasteiger partial charge >= 0.3 is 0 Å². The zero-order chi connectivity index (χ0) is 13.7. The molecule has 0 saturated carbocycles. The van der Waals surface area contributed by atoms with Gasteiger partial charge in [-0.2, -0.15) is 11.8 Å². The molecule has 1 aromatic carbocycles. The first kappa shape index (κ1) is 14.0. The Morgan fingerprint density at radius 3 is 2.84 bits per heavy atom. The van der Waals surface area contributed by atoms with Crippen LogP contribution in [0, 0.1) is 18.8 Å². The van der Waals surface area contributed by atoms with Crippen LogP contribution in [0.15, 0.2) is 18.2 Å². The van der Waals surface area contributed by atoms with E-state index in [1.165, 1.54) is 0 Å². The second kappa shape index (κ2) is 6.65. The van der Waals surface area contributed by atoms with Gasteiger partial charge < -0.3 is 10.6 Å². The van der Waals surface area contributed by atoms with Crippen LogP contribution in [0.5, 0.6) is 0 Å². The van der Waals surface area contributed by atoms with Gasteiger partial charge in [0.15, 0.2) is 0 Å². The molecule has 0 aliphatic carbocycles. The molecule has 0 bridgehead atoms. The van der Waals surface area contributed by atoms with Gasteiger partial charge in [-0.15, -0.1) is 0 Å². The highest BCUT2D eigenvalue weighted by Crippen LogP contribution is 2.15. The van der Waals surface area contributed by atoms with Gasteiger partial charge in [0.1, 0.15) is 0 Å². The van der Waals surface area contributed by atoms with Gasteiger partial charge in [0.05, 0.1) is 6.54 Å². The third-order valence-electron chi connectivity index (χ3n) is 3.11. The number of nitrogens with zero attached hydrogens (tertiary/aromatic N) is 1. The zero-order valence-electron chi connectivity index (χ0n) is 11.1. The maximum absolute atomic E-state index is 12.4. The van der Waals surface area contributed by atoms with Crippen LogP contribution >= 0.6 is 11.8 Å². The van der Waals surface area contributed by atoms with Crippen molar-refractivity contribution in [3.63, 3.8) is 0 Å². The SMILES string of the molecule is Cc1ccc(C(=O)N2CCSCC2)cc1C#CCN. The third-order valence-corrected chi connectivity index (χ3v) is 4.05. The van der Waals surface area contributed by atoms with E-state index in [2.05, 4.69) is 11.8 Å². The highest BCUT2D eigenvalue weighted by molar-refractivity contribution is 7.99. The first-order valence-electron chi connectivity index (χ1n) is 6.39. The lowest BCUT2D eigenvalue weighted by Gasteiger charge is -2.26. The summed E-state index contributed by atoms with van der Waals surface area (Å²) >= 11 is 1.90. The number of hydrogen-bond acceptors (Lipinski definition) is 3. The fraction of sp³-hybridized carbons (Fsp3) is 0.400. The van der Waals surface area contributed by atoms with E-state index in [-0.39, 0.29) is 5.91 Å². The van der Waals surface area contributed by atoms with Crippen LogP contribution in [0.2, 0.25) is 0 Å². The molecule has 100 valence electrons. The van der Waals surface area contributed by atoms with Gasteiger partial charge in [0, 0.05) is 35.7 Å². The molecule has 4 heteroatoms. The predicted molar refractivity (Wildman–Crippen MR) is 80.3 cm³/mol. The molecular weight excluding hydrogens is 256 g/mol. The molecule has 1 amide bonds. The Morgan fingerprint density at radius 1 is 1.42 bits per heavy atom. The van der Waals surface area contributed by atoms with Crippen LogP contribution in [-0.4, -0.2) is 41.9 Å². The van der Waals surface area contributed by atoms with Crippen LogP contribution in [0.25, 0.3) is 0 Å². The Labute approximate surface area is 118 Å². The van der Waals surface area contributed by atoms with Crippen molar-refractivity contribution in [2.75, 3.05) is 31.1 Å². The number of amides is 1. The van der Waals surface area contributed by atoms with E-state index in [9.17, 15) is 4.79 Å². The molecule has 0 aromatic heterocycles. The topological polar surface area (TPSA) is 46.3 Å². The number of carbonyl (C=O) groups is 1. The summed E-state index contributed by atoms with van der Waals surface area (Å²) in [6.45, 7) is 4.00. The molecule has 2 rings (SSSR count). The quantitative estimate of drug-likeness (QED) is 0.789. The van der Waals surface area contributed by atoms with Gasteiger partial charge in [0.2, 0.25) is 0 Å². The number of hydrogen-bond donors (Lipinski definition) is 1. The van der Waals surface area contributed by atoms with Crippen molar-refractivity contribution in [3.05, 3.63) is 34.9 Å². The van der Waals surface area contributed by atoms with Gasteiger partial charge in [-0.05, 0) is 24.6 Å². The zero-order valence-corrected chi connectivity index (χ0v) is 11.9. The van der Waals surface area contributed by atoms with Crippen molar-refractivity contribution in [1.82, 2.24) is 4.90 Å². The molecular formula is C15H18N2OS. The maximum Gasteiger partial charge on any atom is 0.253 e. The van der Waals surface area contributed by atoms with E-state index in [1.807, 2.05) is 41.8 Å². The number of thioether (sulfide) groups is 1. The molecule has 0 radical (unpaired) electrons. The fourth-order valence-corrected chi connectivity index (χ4v) is 2.89. The molecule has 1 fully saturated rings. The van der Waals surface area contributed by atoms with Gasteiger partial charge in [-0.3, -0.25) is 4.79 Å². The van der Waals surface area contributed by atoms with Crippen LogP contribution in [-0.2, 0) is 0 Å². The maximum atomic E-state index is 12.4. The molecule has 1 aromatic rings. The summed E-state index contributed by atoms with van der Waals surface area (Å²) in [5, 5.41) is 0. The second-order valence-electron chi connectivity index (χ2n) is 4.44. The van der Waals surface area contributed by atoms with Crippen molar-refractivity contribution < 1.29 is 4.79 Å². The molecule has 19 heavy (non-hydrogen) atoms. The summed E-state index contributed by atoms with van der Waals surface area (Å²) in [4.78, 5) is 14.3. The molecule has 0 spiro atoms. The normalized spacial score (nSPS) is 14.7. The smallest absolute Gasteiger partial charge is 0.253 e. The van der Waals surface area contributed by atoms with Gasteiger partial charge in [-0.1, -0.05) is 17.9 Å². The minimum absolute atomic E-state index is 0.107. The van der Waals surface area contributed by atoms with Crippen molar-refractivity contribution >= 4 is 17.7 Å². The van der Waals surface area contributed by atoms with E-state index in [0.717, 1.165) is 41.3 Å². The molecule has 1 aliphatic heterocycles. The molecule has 1 saturated heterocycles. The largest absolute Gasteiger partial charge is 0.337 e. The lowest BCUT2D eigenvalue weighted by atomic mass is 10.0. The standard InChI is InChI=1S/C15H18N2OS/c1-12-4-5-14(11-13(12)3-2-6-16)15(18)17-7-9-19-10-8-17/h4-5,11H,6-10,16H2,1H3. The Bertz CT molecular complexity index is 525. The van der Waals surface area contributed by atoms with Crippen LogP contribution in [0.3, 0.4) is 0 Å². The Kier molecular flexibility index (Phi) is 4.89. The lowest BCUT2D eigenvalue weighted by molar-refractivity contribution is 0.0772. The summed E-state index contributed by atoms with van der Waals surface area (Å²) < 4.78 is 0. The highest BCUT2D eigenvalue weighted by Gasteiger charge is 2.18.